The number of rotatable bonds is 1. The van der Waals surface area contributed by atoms with Crippen molar-refractivity contribution in [2.75, 3.05) is 5.73 Å². The summed E-state index contributed by atoms with van der Waals surface area (Å²) in [5.41, 5.74) is 6.35. The first-order valence-corrected chi connectivity index (χ1v) is 4.18. The van der Waals surface area contributed by atoms with Gasteiger partial charge in [0, 0.05) is 0 Å². The zero-order valence-corrected chi connectivity index (χ0v) is 7.26. The summed E-state index contributed by atoms with van der Waals surface area (Å²) >= 11 is 1.28. The van der Waals surface area contributed by atoms with Gasteiger partial charge in [-0.25, -0.2) is 0 Å². The van der Waals surface area contributed by atoms with Crippen molar-refractivity contribution in [2.24, 2.45) is 0 Å². The van der Waals surface area contributed by atoms with E-state index in [4.69, 9.17) is 10.2 Å². The quantitative estimate of drug-likeness (QED) is 0.727. The molecule has 2 rings (SSSR count). The highest BCUT2D eigenvalue weighted by molar-refractivity contribution is 7.09. The Bertz CT molecular complexity index is 393. The van der Waals surface area contributed by atoms with Gasteiger partial charge in [0.25, 0.3) is 0 Å². The molecule has 0 amide bonds. The topological polar surface area (TPSA) is 64.9 Å². The van der Waals surface area contributed by atoms with Gasteiger partial charge in [0.2, 0.25) is 5.95 Å². The number of furan rings is 1. The molecule has 2 N–H and O–H groups in total. The third-order valence-corrected chi connectivity index (χ3v) is 2.29. The smallest absolute Gasteiger partial charge is 0.232 e. The summed E-state index contributed by atoms with van der Waals surface area (Å²) in [4.78, 5) is 4.04. The fourth-order valence-electron chi connectivity index (χ4n) is 0.951. The van der Waals surface area contributed by atoms with Crippen LogP contribution in [0.1, 0.15) is 5.76 Å². The number of hydrogen-bond donors (Lipinski definition) is 1. The standard InChI is InChI=1S/C7H7N3OS/c1-4-5(2-3-11-4)6-9-7(8)10-12-6/h2-3H,1H3,(H2,8,10). The number of hydrogen-bond acceptors (Lipinski definition) is 5. The third kappa shape index (κ3) is 1.08. The Kier molecular flexibility index (Phi) is 1.58. The van der Waals surface area contributed by atoms with Crippen molar-refractivity contribution in [1.29, 1.82) is 0 Å². The molecule has 0 unspecified atom stereocenters. The second-order valence-corrected chi connectivity index (χ2v) is 3.10. The Morgan fingerprint density at radius 3 is 2.92 bits per heavy atom. The average molecular weight is 181 g/mol. The predicted octanol–water partition coefficient (Wildman–Crippen LogP) is 1.69. The summed E-state index contributed by atoms with van der Waals surface area (Å²) in [5, 5.41) is 0.804. The van der Waals surface area contributed by atoms with Crippen LogP contribution in [0.25, 0.3) is 10.6 Å². The molecule has 5 heteroatoms. The summed E-state index contributed by atoms with van der Waals surface area (Å²) in [6, 6.07) is 1.86. The van der Waals surface area contributed by atoms with Crippen molar-refractivity contribution in [1.82, 2.24) is 9.36 Å². The van der Waals surface area contributed by atoms with Crippen LogP contribution < -0.4 is 5.73 Å². The van der Waals surface area contributed by atoms with Gasteiger partial charge in [-0.15, -0.1) is 0 Å². The number of nitrogens with zero attached hydrogens (tertiary/aromatic N) is 2. The minimum absolute atomic E-state index is 0.315. The molecule has 0 radical (unpaired) electrons. The molecule has 2 heterocycles. The van der Waals surface area contributed by atoms with Crippen molar-refractivity contribution < 1.29 is 4.42 Å². The fourth-order valence-corrected chi connectivity index (χ4v) is 1.62. The van der Waals surface area contributed by atoms with E-state index >= 15 is 0 Å². The van der Waals surface area contributed by atoms with E-state index < -0.39 is 0 Å². The average Bonchev–Trinajstić information content (AvgIpc) is 2.58. The van der Waals surface area contributed by atoms with Gasteiger partial charge in [-0.1, -0.05) is 0 Å². The van der Waals surface area contributed by atoms with E-state index in [1.165, 1.54) is 11.5 Å². The summed E-state index contributed by atoms with van der Waals surface area (Å²) < 4.78 is 9.01. The van der Waals surface area contributed by atoms with Gasteiger partial charge < -0.3 is 10.2 Å². The number of anilines is 1. The van der Waals surface area contributed by atoms with Gasteiger partial charge in [-0.3, -0.25) is 0 Å². The van der Waals surface area contributed by atoms with Crippen LogP contribution in [0.5, 0.6) is 0 Å². The van der Waals surface area contributed by atoms with E-state index in [-0.39, 0.29) is 0 Å². The molecule has 2 aromatic rings. The first kappa shape index (κ1) is 7.30. The molecular weight excluding hydrogens is 174 g/mol. The monoisotopic (exact) mass is 181 g/mol. The molecule has 0 aliphatic carbocycles. The fraction of sp³-hybridized carbons (Fsp3) is 0.143. The summed E-state index contributed by atoms with van der Waals surface area (Å²) in [5.74, 6) is 1.15. The molecule has 0 bridgehead atoms. The summed E-state index contributed by atoms with van der Waals surface area (Å²) in [6.07, 6.45) is 1.63. The van der Waals surface area contributed by atoms with Crippen LogP contribution in [0, 0.1) is 6.92 Å². The zero-order valence-electron chi connectivity index (χ0n) is 6.44. The van der Waals surface area contributed by atoms with Crippen molar-refractivity contribution >= 4 is 17.5 Å². The summed E-state index contributed by atoms with van der Waals surface area (Å²) in [7, 11) is 0. The molecule has 0 aliphatic rings. The van der Waals surface area contributed by atoms with E-state index in [9.17, 15) is 0 Å². The summed E-state index contributed by atoms with van der Waals surface area (Å²) in [6.45, 7) is 1.88. The number of aryl methyl sites for hydroxylation is 1. The molecule has 0 spiro atoms. The van der Waals surface area contributed by atoms with E-state index in [0.717, 1.165) is 16.3 Å². The normalized spacial score (nSPS) is 10.4. The van der Waals surface area contributed by atoms with Crippen LogP contribution in [0.15, 0.2) is 16.7 Å². The van der Waals surface area contributed by atoms with Gasteiger partial charge in [0.1, 0.15) is 10.8 Å². The molecule has 0 atom stereocenters. The first-order valence-electron chi connectivity index (χ1n) is 3.41. The van der Waals surface area contributed by atoms with E-state index in [2.05, 4.69) is 9.36 Å². The Morgan fingerprint density at radius 2 is 2.42 bits per heavy atom. The number of nitrogen functional groups attached to an aromatic ring is 1. The molecule has 62 valence electrons. The molecule has 12 heavy (non-hydrogen) atoms. The number of aromatic nitrogens is 2. The lowest BCUT2D eigenvalue weighted by Gasteiger charge is -1.88. The van der Waals surface area contributed by atoms with Crippen molar-refractivity contribution in [3.8, 4) is 10.6 Å². The molecule has 4 nitrogen and oxygen atoms in total. The van der Waals surface area contributed by atoms with Gasteiger partial charge in [0.15, 0.2) is 0 Å². The predicted molar refractivity (Wildman–Crippen MR) is 46.8 cm³/mol. The van der Waals surface area contributed by atoms with Crippen LogP contribution >= 0.6 is 11.5 Å². The molecule has 0 saturated heterocycles. The second-order valence-electron chi connectivity index (χ2n) is 2.35. The number of nitrogens with two attached hydrogens (primary N) is 1. The highest BCUT2D eigenvalue weighted by Crippen LogP contribution is 2.25. The molecule has 0 aliphatic heterocycles. The minimum Gasteiger partial charge on any atom is -0.469 e. The molecule has 0 aromatic carbocycles. The third-order valence-electron chi connectivity index (χ3n) is 1.53. The second kappa shape index (κ2) is 2.60. The zero-order chi connectivity index (χ0) is 8.55. The maximum absolute atomic E-state index is 5.39. The highest BCUT2D eigenvalue weighted by Gasteiger charge is 2.08. The SMILES string of the molecule is Cc1occc1-c1nc(N)ns1. The van der Waals surface area contributed by atoms with Crippen LogP contribution in [0.2, 0.25) is 0 Å². The minimum atomic E-state index is 0.315. The highest BCUT2D eigenvalue weighted by atomic mass is 32.1. The van der Waals surface area contributed by atoms with E-state index in [1.807, 2.05) is 13.0 Å². The first-order chi connectivity index (χ1) is 5.77. The maximum Gasteiger partial charge on any atom is 0.232 e. The van der Waals surface area contributed by atoms with E-state index in [1.54, 1.807) is 6.26 Å². The maximum atomic E-state index is 5.39. The molecular formula is C7H7N3OS. The Labute approximate surface area is 73.2 Å². The van der Waals surface area contributed by atoms with Crippen LogP contribution in [0.4, 0.5) is 5.95 Å². The molecule has 2 aromatic heterocycles. The van der Waals surface area contributed by atoms with Crippen LogP contribution in [0.3, 0.4) is 0 Å². The lowest BCUT2D eigenvalue weighted by Crippen LogP contribution is -1.85. The van der Waals surface area contributed by atoms with Gasteiger partial charge >= 0.3 is 0 Å². The Morgan fingerprint density at radius 1 is 1.58 bits per heavy atom. The molecule has 0 fully saturated rings. The Hall–Kier alpha value is -1.36. The van der Waals surface area contributed by atoms with Crippen molar-refractivity contribution in [2.45, 2.75) is 6.92 Å². The van der Waals surface area contributed by atoms with Crippen LogP contribution in [-0.2, 0) is 0 Å². The largest absolute Gasteiger partial charge is 0.469 e. The van der Waals surface area contributed by atoms with Crippen molar-refractivity contribution in [3.05, 3.63) is 18.1 Å². The molecule has 0 saturated carbocycles. The van der Waals surface area contributed by atoms with Crippen LogP contribution in [-0.4, -0.2) is 9.36 Å². The lowest BCUT2D eigenvalue weighted by molar-refractivity contribution is 0.535. The lowest BCUT2D eigenvalue weighted by atomic mass is 10.3. The van der Waals surface area contributed by atoms with Crippen molar-refractivity contribution in [3.63, 3.8) is 0 Å². The van der Waals surface area contributed by atoms with E-state index in [0.29, 0.717) is 5.95 Å². The Balaban J connectivity index is 2.50. The van der Waals surface area contributed by atoms with Gasteiger partial charge in [0.05, 0.1) is 11.8 Å². The van der Waals surface area contributed by atoms with Gasteiger partial charge in [-0.05, 0) is 24.5 Å². The van der Waals surface area contributed by atoms with Gasteiger partial charge in [-0.2, -0.15) is 9.36 Å².